The van der Waals surface area contributed by atoms with Crippen LogP contribution in [-0.2, 0) is 6.42 Å². The Morgan fingerprint density at radius 3 is 2.69 bits per heavy atom. The van der Waals surface area contributed by atoms with Crippen LogP contribution in [0.1, 0.15) is 5.56 Å². The molecule has 1 atom stereocenters. The molecule has 1 rings (SSSR count). The summed E-state index contributed by atoms with van der Waals surface area (Å²) in [6, 6.07) is 4.02. The summed E-state index contributed by atoms with van der Waals surface area (Å²) < 4.78 is 0. The van der Waals surface area contributed by atoms with Gasteiger partial charge in [-0.15, -0.1) is 0 Å². The predicted molar refractivity (Wildman–Crippen MR) is 65.4 cm³/mol. The molecule has 1 heterocycles. The van der Waals surface area contributed by atoms with Crippen molar-refractivity contribution in [1.29, 1.82) is 0 Å². The second-order valence-electron chi connectivity index (χ2n) is 4.23. The second kappa shape index (κ2) is 7.33. The maximum atomic E-state index is 9.60. The van der Waals surface area contributed by atoms with Crippen molar-refractivity contribution in [2.24, 2.45) is 0 Å². The highest BCUT2D eigenvalue weighted by molar-refractivity contribution is 5.09. The fourth-order valence-electron chi connectivity index (χ4n) is 1.54. The number of pyridine rings is 1. The molecule has 0 saturated heterocycles. The molecule has 90 valence electrons. The molecule has 2 N–H and O–H groups in total. The molecule has 1 aromatic rings. The number of aliphatic hydroxyl groups excluding tert-OH is 1. The number of nitrogens with one attached hydrogen (secondary N) is 1. The van der Waals surface area contributed by atoms with Gasteiger partial charge in [-0.2, -0.15) is 0 Å². The minimum Gasteiger partial charge on any atom is -0.390 e. The Morgan fingerprint density at radius 1 is 1.38 bits per heavy atom. The fourth-order valence-corrected chi connectivity index (χ4v) is 1.54. The van der Waals surface area contributed by atoms with Crippen LogP contribution in [0.25, 0.3) is 0 Å². The molecule has 4 heteroatoms. The SMILES string of the molecule is CN(C)CC(O)CNCCc1ccncc1. The van der Waals surface area contributed by atoms with Crippen molar-refractivity contribution in [3.8, 4) is 0 Å². The Kier molecular flexibility index (Phi) is 6.00. The molecular weight excluding hydrogens is 202 g/mol. The number of rotatable bonds is 7. The van der Waals surface area contributed by atoms with Crippen LogP contribution in [0.4, 0.5) is 0 Å². The van der Waals surface area contributed by atoms with Gasteiger partial charge in [0, 0.05) is 25.5 Å². The van der Waals surface area contributed by atoms with Gasteiger partial charge in [-0.25, -0.2) is 0 Å². The van der Waals surface area contributed by atoms with E-state index >= 15 is 0 Å². The predicted octanol–water partition coefficient (Wildman–Crippen LogP) is 0.136. The van der Waals surface area contributed by atoms with E-state index in [1.807, 2.05) is 31.1 Å². The van der Waals surface area contributed by atoms with Gasteiger partial charge in [0.25, 0.3) is 0 Å². The highest BCUT2D eigenvalue weighted by atomic mass is 16.3. The lowest BCUT2D eigenvalue weighted by Gasteiger charge is -2.16. The van der Waals surface area contributed by atoms with E-state index in [9.17, 15) is 5.11 Å². The molecule has 0 aliphatic rings. The maximum absolute atomic E-state index is 9.60. The Bertz CT molecular complexity index is 277. The molecule has 0 fully saturated rings. The average molecular weight is 223 g/mol. The molecule has 0 bridgehead atoms. The largest absolute Gasteiger partial charge is 0.390 e. The lowest BCUT2D eigenvalue weighted by Crippen LogP contribution is -2.35. The third-order valence-electron chi connectivity index (χ3n) is 2.30. The molecule has 0 radical (unpaired) electrons. The molecule has 0 saturated carbocycles. The fraction of sp³-hybridized carbons (Fsp3) is 0.583. The van der Waals surface area contributed by atoms with E-state index in [0.29, 0.717) is 13.1 Å². The van der Waals surface area contributed by atoms with Gasteiger partial charge < -0.3 is 15.3 Å². The summed E-state index contributed by atoms with van der Waals surface area (Å²) in [5.74, 6) is 0. The van der Waals surface area contributed by atoms with Crippen molar-refractivity contribution >= 4 is 0 Å². The Labute approximate surface area is 97.3 Å². The maximum Gasteiger partial charge on any atom is 0.0791 e. The Balaban J connectivity index is 2.08. The summed E-state index contributed by atoms with van der Waals surface area (Å²) in [6.07, 6.45) is 4.27. The number of likely N-dealkylation sites (N-methyl/N-ethyl adjacent to an activating group) is 1. The highest BCUT2D eigenvalue weighted by Gasteiger charge is 2.03. The zero-order valence-corrected chi connectivity index (χ0v) is 10.1. The number of aliphatic hydroxyl groups is 1. The van der Waals surface area contributed by atoms with Crippen molar-refractivity contribution in [1.82, 2.24) is 15.2 Å². The topological polar surface area (TPSA) is 48.4 Å². The normalized spacial score (nSPS) is 13.0. The van der Waals surface area contributed by atoms with Crippen molar-refractivity contribution in [3.05, 3.63) is 30.1 Å². The standard InChI is InChI=1S/C12H21N3O/c1-15(2)10-12(16)9-14-8-5-11-3-6-13-7-4-11/h3-4,6-7,12,14,16H,5,8-10H2,1-2H3. The molecule has 0 aliphatic heterocycles. The minimum absolute atomic E-state index is 0.299. The summed E-state index contributed by atoms with van der Waals surface area (Å²) in [5, 5.41) is 12.8. The summed E-state index contributed by atoms with van der Waals surface area (Å²) in [6.45, 7) is 2.22. The molecule has 0 aliphatic carbocycles. The van der Waals surface area contributed by atoms with E-state index in [2.05, 4.69) is 10.3 Å². The van der Waals surface area contributed by atoms with Gasteiger partial charge in [0.15, 0.2) is 0 Å². The lowest BCUT2D eigenvalue weighted by atomic mass is 10.2. The summed E-state index contributed by atoms with van der Waals surface area (Å²) in [7, 11) is 3.92. The van der Waals surface area contributed by atoms with Gasteiger partial charge >= 0.3 is 0 Å². The molecule has 4 nitrogen and oxygen atoms in total. The smallest absolute Gasteiger partial charge is 0.0791 e. The van der Waals surface area contributed by atoms with Gasteiger partial charge in [0.05, 0.1) is 6.10 Å². The number of hydrogen-bond acceptors (Lipinski definition) is 4. The van der Waals surface area contributed by atoms with Crippen molar-refractivity contribution < 1.29 is 5.11 Å². The minimum atomic E-state index is -0.299. The van der Waals surface area contributed by atoms with E-state index in [4.69, 9.17) is 0 Å². The van der Waals surface area contributed by atoms with E-state index in [1.165, 1.54) is 5.56 Å². The summed E-state index contributed by atoms with van der Waals surface area (Å²) >= 11 is 0. The van der Waals surface area contributed by atoms with E-state index in [-0.39, 0.29) is 6.10 Å². The van der Waals surface area contributed by atoms with Gasteiger partial charge in [-0.3, -0.25) is 4.98 Å². The van der Waals surface area contributed by atoms with Gasteiger partial charge in [-0.1, -0.05) is 0 Å². The molecule has 1 aromatic heterocycles. The molecule has 0 amide bonds. The van der Waals surface area contributed by atoms with Crippen molar-refractivity contribution in [2.45, 2.75) is 12.5 Å². The van der Waals surface area contributed by atoms with Crippen LogP contribution >= 0.6 is 0 Å². The van der Waals surface area contributed by atoms with Crippen LogP contribution in [-0.4, -0.2) is 54.8 Å². The van der Waals surface area contributed by atoms with Crippen molar-refractivity contribution in [3.63, 3.8) is 0 Å². The van der Waals surface area contributed by atoms with Crippen LogP contribution in [0, 0.1) is 0 Å². The third-order valence-corrected chi connectivity index (χ3v) is 2.30. The lowest BCUT2D eigenvalue weighted by molar-refractivity contribution is 0.135. The monoisotopic (exact) mass is 223 g/mol. The first-order valence-electron chi connectivity index (χ1n) is 5.61. The molecule has 0 spiro atoms. The number of aromatic nitrogens is 1. The number of nitrogens with zero attached hydrogens (tertiary/aromatic N) is 2. The Hall–Kier alpha value is -0.970. The first-order chi connectivity index (χ1) is 7.68. The molecule has 1 unspecified atom stereocenters. The van der Waals surface area contributed by atoms with Crippen LogP contribution in [0.15, 0.2) is 24.5 Å². The van der Waals surface area contributed by atoms with E-state index in [1.54, 1.807) is 12.4 Å². The summed E-state index contributed by atoms with van der Waals surface area (Å²) in [5.41, 5.74) is 1.27. The summed E-state index contributed by atoms with van der Waals surface area (Å²) in [4.78, 5) is 5.95. The van der Waals surface area contributed by atoms with Crippen LogP contribution in [0.3, 0.4) is 0 Å². The number of hydrogen-bond donors (Lipinski definition) is 2. The first-order valence-corrected chi connectivity index (χ1v) is 5.61. The van der Waals surface area contributed by atoms with Crippen molar-refractivity contribution in [2.75, 3.05) is 33.7 Å². The second-order valence-corrected chi connectivity index (χ2v) is 4.23. The third kappa shape index (κ3) is 5.80. The Morgan fingerprint density at radius 2 is 2.06 bits per heavy atom. The van der Waals surface area contributed by atoms with Crippen LogP contribution in [0.5, 0.6) is 0 Å². The van der Waals surface area contributed by atoms with Gasteiger partial charge in [-0.05, 0) is 44.8 Å². The molecular formula is C12H21N3O. The zero-order valence-electron chi connectivity index (χ0n) is 10.1. The molecule has 16 heavy (non-hydrogen) atoms. The van der Waals surface area contributed by atoms with E-state index in [0.717, 1.165) is 13.0 Å². The first kappa shape index (κ1) is 13.1. The zero-order chi connectivity index (χ0) is 11.8. The van der Waals surface area contributed by atoms with Crippen LogP contribution in [0.2, 0.25) is 0 Å². The van der Waals surface area contributed by atoms with Gasteiger partial charge in [0.2, 0.25) is 0 Å². The van der Waals surface area contributed by atoms with E-state index < -0.39 is 0 Å². The quantitative estimate of drug-likeness (QED) is 0.645. The highest BCUT2D eigenvalue weighted by Crippen LogP contribution is 1.95. The average Bonchev–Trinajstić information content (AvgIpc) is 2.25. The van der Waals surface area contributed by atoms with Crippen LogP contribution < -0.4 is 5.32 Å². The van der Waals surface area contributed by atoms with Gasteiger partial charge in [0.1, 0.15) is 0 Å². The molecule has 0 aromatic carbocycles.